The van der Waals surface area contributed by atoms with Gasteiger partial charge in [0.15, 0.2) is 23.0 Å². The molecule has 57 heavy (non-hydrogen) atoms. The van der Waals surface area contributed by atoms with E-state index in [0.29, 0.717) is 24.3 Å². The molecule has 320 valence electrons. The number of ether oxygens (including phenoxy) is 12. The van der Waals surface area contributed by atoms with E-state index in [-0.39, 0.29) is 135 Å². The first-order chi connectivity index (χ1) is 27.3. The Balaban J connectivity index is 3.37. The first-order valence-electron chi connectivity index (χ1n) is 19.8. The van der Waals surface area contributed by atoms with E-state index < -0.39 is 17.4 Å². The van der Waals surface area contributed by atoms with E-state index in [9.17, 15) is 9.59 Å². The molecular formula is C43H64O14. The second-order valence-electron chi connectivity index (χ2n) is 12.4. The largest absolute Gasteiger partial charge is 0.489 e. The van der Waals surface area contributed by atoms with Crippen LogP contribution in [0.25, 0.3) is 0 Å². The van der Waals surface area contributed by atoms with Gasteiger partial charge in [0.1, 0.15) is 0 Å². The van der Waals surface area contributed by atoms with Crippen molar-refractivity contribution in [2.75, 3.05) is 79.3 Å². The number of hydrogen-bond donors (Lipinski definition) is 0. The van der Waals surface area contributed by atoms with Crippen molar-refractivity contribution in [3.63, 3.8) is 0 Å². The van der Waals surface area contributed by atoms with Gasteiger partial charge in [-0.05, 0) is 69.2 Å². The van der Waals surface area contributed by atoms with Crippen LogP contribution in [0.5, 0.6) is 57.5 Å². The lowest BCUT2D eigenvalue weighted by Gasteiger charge is -2.36. The van der Waals surface area contributed by atoms with E-state index in [0.717, 1.165) is 0 Å². The third-order valence-electron chi connectivity index (χ3n) is 8.05. The van der Waals surface area contributed by atoms with Gasteiger partial charge in [-0.3, -0.25) is 0 Å². The smallest absolute Gasteiger partial charge is 0.341 e. The molecule has 0 N–H and O–H groups in total. The van der Waals surface area contributed by atoms with E-state index in [1.165, 1.54) is 0 Å². The molecule has 0 aromatic heterocycles. The van der Waals surface area contributed by atoms with Crippen LogP contribution >= 0.6 is 0 Å². The van der Waals surface area contributed by atoms with Crippen molar-refractivity contribution in [1.29, 1.82) is 0 Å². The van der Waals surface area contributed by atoms with Gasteiger partial charge >= 0.3 is 11.9 Å². The van der Waals surface area contributed by atoms with E-state index in [4.69, 9.17) is 56.8 Å². The maximum atomic E-state index is 13.5. The predicted molar refractivity (Wildman–Crippen MR) is 217 cm³/mol. The molecule has 14 heteroatoms. The molecule has 0 spiro atoms. The highest BCUT2D eigenvalue weighted by Gasteiger charge is 2.45. The number of carbonyl (C=O) groups is 2. The minimum Gasteiger partial charge on any atom is -0.489 e. The second kappa shape index (κ2) is 24.1. The summed E-state index contributed by atoms with van der Waals surface area (Å²) in [4.78, 5) is 27.0. The first kappa shape index (κ1) is 48.3. The van der Waals surface area contributed by atoms with Crippen molar-refractivity contribution in [2.45, 2.75) is 88.5 Å². The summed E-state index contributed by atoms with van der Waals surface area (Å²) in [7, 11) is 0. The van der Waals surface area contributed by atoms with Crippen LogP contribution < -0.4 is 47.4 Å². The van der Waals surface area contributed by atoms with Crippen molar-refractivity contribution in [3.8, 4) is 57.5 Å². The maximum Gasteiger partial charge on any atom is 0.341 e. The second-order valence-corrected chi connectivity index (χ2v) is 12.4. The minimum atomic E-state index is -1.23. The Bertz CT molecular complexity index is 1470. The lowest BCUT2D eigenvalue weighted by Crippen LogP contribution is -2.26. The summed E-state index contributed by atoms with van der Waals surface area (Å²) in [6.07, 6.45) is 0. The van der Waals surface area contributed by atoms with E-state index in [2.05, 4.69) is 13.2 Å². The van der Waals surface area contributed by atoms with Crippen molar-refractivity contribution >= 4 is 11.9 Å². The minimum absolute atomic E-state index is 0.0400. The number of esters is 2. The molecule has 0 heterocycles. The zero-order valence-electron chi connectivity index (χ0n) is 36.1. The van der Waals surface area contributed by atoms with Gasteiger partial charge in [-0.25, -0.2) is 9.59 Å². The Hall–Kier alpha value is -4.82. The summed E-state index contributed by atoms with van der Waals surface area (Å²) in [6, 6.07) is 0. The Kier molecular flexibility index (Phi) is 20.4. The fourth-order valence-corrected chi connectivity index (χ4v) is 5.85. The number of carbonyl (C=O) groups excluding carboxylic acids is 2. The van der Waals surface area contributed by atoms with Gasteiger partial charge in [0.05, 0.1) is 88.3 Å². The van der Waals surface area contributed by atoms with Gasteiger partial charge in [-0.15, -0.1) is 0 Å². The number of rotatable bonds is 28. The van der Waals surface area contributed by atoms with E-state index in [1.54, 1.807) is 27.7 Å². The molecule has 0 aliphatic carbocycles. The normalized spacial score (nSPS) is 11.0. The molecule has 2 aromatic carbocycles. The Morgan fingerprint density at radius 3 is 0.825 bits per heavy atom. The molecule has 0 radical (unpaired) electrons. The maximum absolute atomic E-state index is 13.5. The van der Waals surface area contributed by atoms with Gasteiger partial charge in [0.2, 0.25) is 34.5 Å². The molecule has 0 fully saturated rings. The van der Waals surface area contributed by atoms with Gasteiger partial charge in [-0.1, -0.05) is 27.0 Å². The molecule has 2 rings (SSSR count). The summed E-state index contributed by atoms with van der Waals surface area (Å²) in [5.41, 5.74) is -0.194. The molecule has 0 amide bonds. The van der Waals surface area contributed by atoms with Crippen LogP contribution in [0.1, 0.15) is 94.2 Å². The summed E-state index contributed by atoms with van der Waals surface area (Å²) >= 11 is 0. The van der Waals surface area contributed by atoms with Crippen molar-refractivity contribution < 1.29 is 66.4 Å². The molecule has 0 aliphatic heterocycles. The van der Waals surface area contributed by atoms with Gasteiger partial charge in [0.25, 0.3) is 0 Å². The van der Waals surface area contributed by atoms with Crippen LogP contribution in [-0.4, -0.2) is 91.2 Å². The number of hydrogen-bond acceptors (Lipinski definition) is 14. The first-order valence-corrected chi connectivity index (χ1v) is 19.8. The van der Waals surface area contributed by atoms with Crippen molar-refractivity contribution in [2.24, 2.45) is 0 Å². The molecule has 0 saturated carbocycles. The van der Waals surface area contributed by atoms with E-state index >= 15 is 0 Å². The van der Waals surface area contributed by atoms with Crippen LogP contribution in [0, 0.1) is 0 Å². The van der Waals surface area contributed by atoms with Crippen molar-refractivity contribution in [1.82, 2.24) is 0 Å². The van der Waals surface area contributed by atoms with Crippen molar-refractivity contribution in [3.05, 3.63) is 35.4 Å². The number of benzene rings is 2. The summed E-state index contributed by atoms with van der Waals surface area (Å²) in [5.74, 6) is -0.413. The molecule has 14 nitrogen and oxygen atoms in total. The molecule has 0 aliphatic rings. The third-order valence-corrected chi connectivity index (χ3v) is 8.05. The summed E-state index contributed by atoms with van der Waals surface area (Å²) in [6.45, 7) is 31.7. The Morgan fingerprint density at radius 1 is 0.386 bits per heavy atom. The molecule has 0 saturated heterocycles. The summed E-state index contributed by atoms with van der Waals surface area (Å²) < 4.78 is 73.8. The fourth-order valence-electron chi connectivity index (χ4n) is 5.85. The Morgan fingerprint density at radius 2 is 0.614 bits per heavy atom. The Labute approximate surface area is 338 Å². The topological polar surface area (TPSA) is 145 Å². The molecule has 0 unspecified atom stereocenters. The van der Waals surface area contributed by atoms with Gasteiger partial charge in [0, 0.05) is 18.6 Å². The molecule has 2 aromatic rings. The fraction of sp³-hybridized carbons (Fsp3) is 0.581. The predicted octanol–water partition coefficient (Wildman–Crippen LogP) is 8.20. The lowest BCUT2D eigenvalue weighted by atomic mass is 9.75. The lowest BCUT2D eigenvalue weighted by molar-refractivity contribution is -0.131. The SMILES string of the molecule is C=C(COCC)C(=O)Oc1c(OCC)c(OCC)c(C(C)(C)c2c(OCC)c(OCC)c(OC(=O)C(=C)COCC)c(OCC)c2OCC)c(OCC)c1OCC. The average molecular weight is 805 g/mol. The van der Waals surface area contributed by atoms with Gasteiger partial charge in [-0.2, -0.15) is 0 Å². The zero-order chi connectivity index (χ0) is 42.7. The highest BCUT2D eigenvalue weighted by atomic mass is 16.6. The van der Waals surface area contributed by atoms with Crippen LogP contribution in [0.4, 0.5) is 0 Å². The van der Waals surface area contributed by atoms with E-state index in [1.807, 2.05) is 55.4 Å². The monoisotopic (exact) mass is 804 g/mol. The molecule has 0 bridgehead atoms. The third kappa shape index (κ3) is 11.6. The zero-order valence-corrected chi connectivity index (χ0v) is 36.1. The summed E-state index contributed by atoms with van der Waals surface area (Å²) in [5, 5.41) is 0. The van der Waals surface area contributed by atoms with Crippen LogP contribution in [0.15, 0.2) is 24.3 Å². The van der Waals surface area contributed by atoms with Crippen LogP contribution in [-0.2, 0) is 24.5 Å². The quantitative estimate of drug-likeness (QED) is 0.0463. The average Bonchev–Trinajstić information content (AvgIpc) is 3.18. The van der Waals surface area contributed by atoms with Gasteiger partial charge < -0.3 is 56.8 Å². The standard InChI is InChI=1S/C43H64O14/c1-15-46-25-27(11)41(44)56-39-35(52-21-7)31(48-17-3)29(32(49-18-4)36(39)53-22-8)43(13,14)30-33(50-19-5)37(54-23-9)40(38(55-24-10)34(30)51-20-6)57-42(45)28(12)26-47-16-2/h11-12,15-26H2,1-10,13-14H3. The van der Waals surface area contributed by atoms with Crippen LogP contribution in [0.2, 0.25) is 0 Å². The molecule has 0 atom stereocenters. The highest BCUT2D eigenvalue weighted by molar-refractivity contribution is 5.92. The highest BCUT2D eigenvalue weighted by Crippen LogP contribution is 2.64. The van der Waals surface area contributed by atoms with Crippen LogP contribution in [0.3, 0.4) is 0 Å². The molecular weight excluding hydrogens is 740 g/mol.